The first kappa shape index (κ1) is 27.7. The van der Waals surface area contributed by atoms with Gasteiger partial charge < -0.3 is 19.1 Å². The van der Waals surface area contributed by atoms with E-state index < -0.39 is 23.4 Å². The van der Waals surface area contributed by atoms with E-state index in [1.54, 1.807) is 18.2 Å². The van der Waals surface area contributed by atoms with E-state index in [9.17, 15) is 18.7 Å². The number of hydrogen-bond acceptors (Lipinski definition) is 5. The standard InChI is InChI=1S/C31H23ClF3N3O4/c32-21-5-3-20(25(35)14-21)16-42-29-8-6-23(33)30(37-29)18-2-1-17(24(34)11-18)13-28-36-26-7-4-19(31(39)40)12-27(26)38(28)15-22-9-10-41-22/h1-8,11-12,14,22H,9-10,13,15-16H2,(H,39,40)/t22-/m0/s1. The fraction of sp³-hybridized carbons (Fsp3) is 0.194. The summed E-state index contributed by atoms with van der Waals surface area (Å²) in [6.07, 6.45) is 0.930. The zero-order valence-electron chi connectivity index (χ0n) is 22.0. The molecule has 7 nitrogen and oxygen atoms in total. The number of aromatic carboxylic acids is 1. The van der Waals surface area contributed by atoms with Gasteiger partial charge in [0, 0.05) is 35.2 Å². The van der Waals surface area contributed by atoms with Crippen molar-refractivity contribution >= 4 is 28.6 Å². The third kappa shape index (κ3) is 5.68. The molecule has 0 aliphatic carbocycles. The average Bonchev–Trinajstić information content (AvgIpc) is 3.28. The number of carbonyl (C=O) groups is 1. The predicted molar refractivity (Wildman–Crippen MR) is 149 cm³/mol. The van der Waals surface area contributed by atoms with Gasteiger partial charge in [-0.3, -0.25) is 0 Å². The fourth-order valence-electron chi connectivity index (χ4n) is 4.78. The molecule has 1 aliphatic heterocycles. The molecule has 6 rings (SSSR count). The third-order valence-corrected chi connectivity index (χ3v) is 7.38. The van der Waals surface area contributed by atoms with Crippen LogP contribution in [-0.4, -0.2) is 38.3 Å². The maximum atomic E-state index is 15.4. The van der Waals surface area contributed by atoms with Crippen LogP contribution in [-0.2, 0) is 24.3 Å². The lowest BCUT2D eigenvalue weighted by molar-refractivity contribution is -0.0589. The van der Waals surface area contributed by atoms with E-state index >= 15 is 4.39 Å². The van der Waals surface area contributed by atoms with Crippen LogP contribution >= 0.6 is 11.6 Å². The van der Waals surface area contributed by atoms with Crippen molar-refractivity contribution in [2.45, 2.75) is 32.1 Å². The van der Waals surface area contributed by atoms with Gasteiger partial charge in [0.1, 0.15) is 35.6 Å². The zero-order chi connectivity index (χ0) is 29.4. The van der Waals surface area contributed by atoms with E-state index in [-0.39, 0.29) is 52.4 Å². The lowest BCUT2D eigenvalue weighted by Gasteiger charge is -2.27. The van der Waals surface area contributed by atoms with Crippen LogP contribution < -0.4 is 4.74 Å². The van der Waals surface area contributed by atoms with Crippen LogP contribution in [0.15, 0.2) is 66.7 Å². The summed E-state index contributed by atoms with van der Waals surface area (Å²) in [5, 5.41) is 9.70. The molecule has 2 aromatic heterocycles. The average molecular weight is 594 g/mol. The van der Waals surface area contributed by atoms with Gasteiger partial charge in [0.2, 0.25) is 5.88 Å². The van der Waals surface area contributed by atoms with Crippen molar-refractivity contribution in [3.05, 3.63) is 112 Å². The van der Waals surface area contributed by atoms with E-state index in [1.807, 2.05) is 4.57 Å². The zero-order valence-corrected chi connectivity index (χ0v) is 22.7. The van der Waals surface area contributed by atoms with Gasteiger partial charge in [-0.15, -0.1) is 0 Å². The van der Waals surface area contributed by atoms with Gasteiger partial charge in [-0.2, -0.15) is 0 Å². The highest BCUT2D eigenvalue weighted by Crippen LogP contribution is 2.28. The number of imidazole rings is 1. The molecule has 0 spiro atoms. The van der Waals surface area contributed by atoms with E-state index in [4.69, 9.17) is 21.1 Å². The molecule has 1 fully saturated rings. The lowest BCUT2D eigenvalue weighted by Crippen LogP contribution is -2.31. The summed E-state index contributed by atoms with van der Waals surface area (Å²) in [5.41, 5.74) is 1.97. The minimum absolute atomic E-state index is 0.0397. The molecular formula is C31H23ClF3N3O4. The molecule has 1 aliphatic rings. The summed E-state index contributed by atoms with van der Waals surface area (Å²) >= 11 is 5.79. The molecule has 11 heteroatoms. The van der Waals surface area contributed by atoms with Crippen molar-refractivity contribution in [3.8, 4) is 17.1 Å². The number of pyridine rings is 1. The molecule has 0 amide bonds. The van der Waals surface area contributed by atoms with E-state index in [2.05, 4.69) is 9.97 Å². The van der Waals surface area contributed by atoms with Gasteiger partial charge in [-0.25, -0.2) is 27.9 Å². The molecule has 0 unspecified atom stereocenters. The fourth-order valence-corrected chi connectivity index (χ4v) is 4.94. The molecule has 0 saturated carbocycles. The van der Waals surface area contributed by atoms with Crippen LogP contribution in [0.2, 0.25) is 5.02 Å². The number of aromatic nitrogens is 3. The number of benzene rings is 3. The molecule has 0 bridgehead atoms. The van der Waals surface area contributed by atoms with Crippen molar-refractivity contribution in [2.24, 2.45) is 0 Å². The van der Waals surface area contributed by atoms with Crippen LogP contribution in [0.25, 0.3) is 22.3 Å². The van der Waals surface area contributed by atoms with E-state index in [0.29, 0.717) is 35.6 Å². The van der Waals surface area contributed by atoms with E-state index in [1.165, 1.54) is 36.4 Å². The Hall–Kier alpha value is -4.41. The number of ether oxygens (including phenoxy) is 2. The molecule has 3 heterocycles. The molecule has 1 atom stereocenters. The van der Waals surface area contributed by atoms with Gasteiger partial charge in [0.05, 0.1) is 29.2 Å². The third-order valence-electron chi connectivity index (χ3n) is 7.14. The molecule has 214 valence electrons. The Bertz CT molecular complexity index is 1820. The first-order valence-electron chi connectivity index (χ1n) is 13.1. The first-order valence-corrected chi connectivity index (χ1v) is 13.5. The topological polar surface area (TPSA) is 86.5 Å². The second-order valence-corrected chi connectivity index (χ2v) is 10.4. The Morgan fingerprint density at radius 2 is 1.76 bits per heavy atom. The number of fused-ring (bicyclic) bond motifs is 1. The van der Waals surface area contributed by atoms with Crippen LogP contribution in [0.5, 0.6) is 5.88 Å². The number of halogens is 4. The summed E-state index contributed by atoms with van der Waals surface area (Å²) < 4.78 is 57.3. The van der Waals surface area contributed by atoms with Crippen molar-refractivity contribution in [1.29, 1.82) is 0 Å². The number of nitrogens with zero attached hydrogens (tertiary/aromatic N) is 3. The highest BCUT2D eigenvalue weighted by molar-refractivity contribution is 6.30. The molecule has 1 N–H and O–H groups in total. The Morgan fingerprint density at radius 3 is 2.48 bits per heavy atom. The Kier molecular flexibility index (Phi) is 7.57. The largest absolute Gasteiger partial charge is 0.478 e. The Labute approximate surface area is 243 Å². The smallest absolute Gasteiger partial charge is 0.335 e. The lowest BCUT2D eigenvalue weighted by atomic mass is 10.0. The Balaban J connectivity index is 1.26. The van der Waals surface area contributed by atoms with Crippen LogP contribution in [0.3, 0.4) is 0 Å². The summed E-state index contributed by atoms with van der Waals surface area (Å²) in [6.45, 7) is 0.948. The first-order chi connectivity index (χ1) is 20.2. The highest BCUT2D eigenvalue weighted by atomic mass is 35.5. The van der Waals surface area contributed by atoms with Crippen molar-refractivity contribution in [2.75, 3.05) is 6.61 Å². The summed E-state index contributed by atoms with van der Waals surface area (Å²) in [4.78, 5) is 20.4. The van der Waals surface area contributed by atoms with Crippen LogP contribution in [0.4, 0.5) is 13.2 Å². The normalized spacial score (nSPS) is 14.6. The second-order valence-electron chi connectivity index (χ2n) is 9.92. The summed E-state index contributed by atoms with van der Waals surface area (Å²) in [6, 6.07) is 15.6. The second kappa shape index (κ2) is 11.5. The quantitative estimate of drug-likeness (QED) is 0.202. The minimum atomic E-state index is -1.06. The van der Waals surface area contributed by atoms with Crippen molar-refractivity contribution in [1.82, 2.24) is 14.5 Å². The SMILES string of the molecule is O=C(O)c1ccc2nc(Cc3ccc(-c4nc(OCc5ccc(Cl)cc5F)ccc4F)cc3F)n(C[C@@H]3CCO3)c2c1. The van der Waals surface area contributed by atoms with Gasteiger partial charge in [-0.1, -0.05) is 29.8 Å². The molecule has 3 aromatic carbocycles. The minimum Gasteiger partial charge on any atom is -0.478 e. The van der Waals surface area contributed by atoms with Crippen molar-refractivity contribution in [3.63, 3.8) is 0 Å². The van der Waals surface area contributed by atoms with E-state index in [0.717, 1.165) is 18.6 Å². The number of hydrogen-bond donors (Lipinski definition) is 1. The summed E-state index contributed by atoms with van der Waals surface area (Å²) in [5.74, 6) is -2.28. The molecule has 0 radical (unpaired) electrons. The number of rotatable bonds is 9. The predicted octanol–water partition coefficient (Wildman–Crippen LogP) is 6.83. The number of carboxylic acids is 1. The monoisotopic (exact) mass is 593 g/mol. The van der Waals surface area contributed by atoms with Crippen LogP contribution in [0, 0.1) is 17.5 Å². The van der Waals surface area contributed by atoms with Gasteiger partial charge in [0.15, 0.2) is 0 Å². The van der Waals surface area contributed by atoms with Crippen molar-refractivity contribution < 1.29 is 32.5 Å². The maximum Gasteiger partial charge on any atom is 0.335 e. The Morgan fingerprint density at radius 1 is 0.976 bits per heavy atom. The molecule has 42 heavy (non-hydrogen) atoms. The summed E-state index contributed by atoms with van der Waals surface area (Å²) in [7, 11) is 0. The highest BCUT2D eigenvalue weighted by Gasteiger charge is 2.23. The maximum absolute atomic E-state index is 15.4. The van der Waals surface area contributed by atoms with Gasteiger partial charge in [0.25, 0.3) is 0 Å². The van der Waals surface area contributed by atoms with Gasteiger partial charge in [-0.05, 0) is 54.4 Å². The number of carboxylic acid groups (broad SMARTS) is 1. The van der Waals surface area contributed by atoms with Gasteiger partial charge >= 0.3 is 5.97 Å². The molecular weight excluding hydrogens is 571 g/mol. The molecule has 1 saturated heterocycles. The van der Waals surface area contributed by atoms with Crippen LogP contribution in [0.1, 0.15) is 33.7 Å². The molecule has 5 aromatic rings.